The summed E-state index contributed by atoms with van der Waals surface area (Å²) < 4.78 is 0. The third-order valence-corrected chi connectivity index (χ3v) is 2.67. The first-order valence-corrected chi connectivity index (χ1v) is 5.30. The highest BCUT2D eigenvalue weighted by molar-refractivity contribution is 6.46. The van der Waals surface area contributed by atoms with E-state index >= 15 is 0 Å². The van der Waals surface area contributed by atoms with E-state index in [4.69, 9.17) is 0 Å². The topological polar surface area (TPSA) is 70.6 Å². The first-order chi connectivity index (χ1) is 8.06. The highest BCUT2D eigenvalue weighted by atomic mass is 16.2. The number of carbonyl (C=O) groups excluding carboxylic acids is 2. The van der Waals surface area contributed by atoms with E-state index in [1.54, 1.807) is 0 Å². The molecule has 2 N–H and O–H groups in total. The van der Waals surface area contributed by atoms with Gasteiger partial charge in [0.15, 0.2) is 0 Å². The van der Waals surface area contributed by atoms with Crippen LogP contribution in [0.25, 0.3) is 0 Å². The summed E-state index contributed by atoms with van der Waals surface area (Å²) in [6, 6.07) is 5.65. The van der Waals surface area contributed by atoms with Gasteiger partial charge in [-0.25, -0.2) is 5.43 Å². The minimum absolute atomic E-state index is 0.0384. The molecule has 0 saturated carbocycles. The lowest BCUT2D eigenvalue weighted by atomic mass is 10.1. The van der Waals surface area contributed by atoms with Crippen LogP contribution in [0.2, 0.25) is 0 Å². The minimum atomic E-state index is -0.341. The van der Waals surface area contributed by atoms with Crippen molar-refractivity contribution in [2.24, 2.45) is 5.10 Å². The van der Waals surface area contributed by atoms with E-state index in [1.165, 1.54) is 0 Å². The van der Waals surface area contributed by atoms with E-state index in [0.29, 0.717) is 5.69 Å². The van der Waals surface area contributed by atoms with Gasteiger partial charge in [-0.05, 0) is 37.1 Å². The number of anilines is 1. The highest BCUT2D eigenvalue weighted by Gasteiger charge is 2.21. The zero-order valence-electron chi connectivity index (χ0n) is 9.70. The lowest BCUT2D eigenvalue weighted by Crippen LogP contribution is -2.22. The summed E-state index contributed by atoms with van der Waals surface area (Å²) in [5.41, 5.74) is 5.44. The Morgan fingerprint density at radius 3 is 2.71 bits per heavy atom. The predicted octanol–water partition coefficient (Wildman–Crippen LogP) is 1.12. The summed E-state index contributed by atoms with van der Waals surface area (Å²) in [4.78, 5) is 22.6. The van der Waals surface area contributed by atoms with Gasteiger partial charge >= 0.3 is 0 Å². The van der Waals surface area contributed by atoms with Crippen molar-refractivity contribution >= 4 is 23.2 Å². The van der Waals surface area contributed by atoms with Crippen LogP contribution in [0.3, 0.4) is 0 Å². The van der Waals surface area contributed by atoms with Crippen LogP contribution in [0.1, 0.15) is 17.5 Å². The van der Waals surface area contributed by atoms with E-state index < -0.39 is 0 Å². The van der Waals surface area contributed by atoms with Gasteiger partial charge in [0.25, 0.3) is 5.91 Å². The molecule has 0 bridgehead atoms. The number of aryl methyl sites for hydroxylation is 2. The fraction of sp³-hybridized carbons (Fsp3) is 0.250. The Hall–Kier alpha value is -2.17. The Morgan fingerprint density at radius 1 is 1.35 bits per heavy atom. The Labute approximate surface area is 98.9 Å². The smallest absolute Gasteiger partial charge is 0.272 e. The Bertz CT molecular complexity index is 520. The average Bonchev–Trinajstić information content (AvgIpc) is 2.70. The number of nitrogens with one attached hydrogen (secondary N) is 2. The van der Waals surface area contributed by atoms with E-state index in [9.17, 15) is 9.59 Å². The monoisotopic (exact) mass is 231 g/mol. The van der Waals surface area contributed by atoms with Gasteiger partial charge in [0.2, 0.25) is 5.91 Å². The summed E-state index contributed by atoms with van der Waals surface area (Å²) in [7, 11) is 0. The number of amides is 2. The molecule has 2 rings (SSSR count). The van der Waals surface area contributed by atoms with Crippen molar-refractivity contribution < 1.29 is 9.59 Å². The molecule has 88 valence electrons. The van der Waals surface area contributed by atoms with Crippen LogP contribution in [0, 0.1) is 13.8 Å². The number of hydrogen-bond acceptors (Lipinski definition) is 3. The van der Waals surface area contributed by atoms with Crippen molar-refractivity contribution in [2.75, 3.05) is 5.32 Å². The third kappa shape index (κ3) is 2.50. The van der Waals surface area contributed by atoms with E-state index in [1.807, 2.05) is 32.0 Å². The summed E-state index contributed by atoms with van der Waals surface area (Å²) in [5, 5.41) is 6.37. The van der Waals surface area contributed by atoms with E-state index in [-0.39, 0.29) is 23.9 Å². The van der Waals surface area contributed by atoms with Crippen LogP contribution in [-0.2, 0) is 9.59 Å². The van der Waals surface area contributed by atoms with Crippen molar-refractivity contribution in [3.8, 4) is 0 Å². The van der Waals surface area contributed by atoms with Gasteiger partial charge in [-0.2, -0.15) is 5.10 Å². The average molecular weight is 231 g/mol. The summed E-state index contributed by atoms with van der Waals surface area (Å²) in [5.74, 6) is -0.596. The number of carbonyl (C=O) groups is 2. The van der Waals surface area contributed by atoms with Gasteiger partial charge in [0.05, 0.1) is 6.42 Å². The zero-order valence-corrected chi connectivity index (χ0v) is 9.70. The standard InChI is InChI=1S/C12H13N3O2/c1-7-3-4-9(5-8(7)2)13-12(17)10-6-11(16)15-14-10/h3-5H,6H2,1-2H3,(H,13,17)(H,15,16). The molecule has 2 amide bonds. The SMILES string of the molecule is Cc1ccc(NC(=O)C2=NNC(=O)C2)cc1C. The summed E-state index contributed by atoms with van der Waals surface area (Å²) in [6.07, 6.45) is 0.0384. The Kier molecular flexibility index (Phi) is 2.91. The fourth-order valence-corrected chi connectivity index (χ4v) is 1.51. The number of rotatable bonds is 2. The van der Waals surface area contributed by atoms with Crippen molar-refractivity contribution in [3.63, 3.8) is 0 Å². The van der Waals surface area contributed by atoms with Gasteiger partial charge < -0.3 is 5.32 Å². The second-order valence-electron chi connectivity index (χ2n) is 4.02. The van der Waals surface area contributed by atoms with E-state index in [0.717, 1.165) is 11.1 Å². The molecule has 1 aromatic carbocycles. The molecule has 1 aliphatic rings. The quantitative estimate of drug-likeness (QED) is 0.800. The molecular weight excluding hydrogens is 218 g/mol. The fourth-order valence-electron chi connectivity index (χ4n) is 1.51. The molecule has 0 spiro atoms. The molecule has 0 unspecified atom stereocenters. The van der Waals surface area contributed by atoms with Gasteiger partial charge in [0.1, 0.15) is 5.71 Å². The van der Waals surface area contributed by atoms with Crippen LogP contribution in [0.15, 0.2) is 23.3 Å². The molecule has 0 fully saturated rings. The van der Waals surface area contributed by atoms with Crippen molar-refractivity contribution in [1.29, 1.82) is 0 Å². The first kappa shape index (κ1) is 11.3. The van der Waals surface area contributed by atoms with Crippen LogP contribution in [0.4, 0.5) is 5.69 Å². The van der Waals surface area contributed by atoms with Crippen LogP contribution >= 0.6 is 0 Å². The van der Waals surface area contributed by atoms with Crippen molar-refractivity contribution in [3.05, 3.63) is 29.3 Å². The molecular formula is C12H13N3O2. The second-order valence-corrected chi connectivity index (χ2v) is 4.02. The van der Waals surface area contributed by atoms with Crippen LogP contribution in [0.5, 0.6) is 0 Å². The first-order valence-electron chi connectivity index (χ1n) is 5.30. The third-order valence-electron chi connectivity index (χ3n) is 2.67. The number of hydrogen-bond donors (Lipinski definition) is 2. The molecule has 0 aromatic heterocycles. The zero-order chi connectivity index (χ0) is 12.4. The largest absolute Gasteiger partial charge is 0.321 e. The summed E-state index contributed by atoms with van der Waals surface area (Å²) in [6.45, 7) is 3.98. The van der Waals surface area contributed by atoms with Gasteiger partial charge in [-0.1, -0.05) is 6.07 Å². The Morgan fingerprint density at radius 2 is 2.12 bits per heavy atom. The molecule has 0 saturated heterocycles. The normalized spacial score (nSPS) is 14.2. The summed E-state index contributed by atoms with van der Waals surface area (Å²) >= 11 is 0. The van der Waals surface area contributed by atoms with Gasteiger partial charge in [-0.15, -0.1) is 0 Å². The van der Waals surface area contributed by atoms with Crippen molar-refractivity contribution in [1.82, 2.24) is 5.43 Å². The maximum atomic E-state index is 11.7. The lowest BCUT2D eigenvalue weighted by molar-refractivity contribution is -0.119. The maximum absolute atomic E-state index is 11.7. The minimum Gasteiger partial charge on any atom is -0.321 e. The molecule has 5 nitrogen and oxygen atoms in total. The van der Waals surface area contributed by atoms with Crippen LogP contribution in [-0.4, -0.2) is 17.5 Å². The predicted molar refractivity (Wildman–Crippen MR) is 64.7 cm³/mol. The van der Waals surface area contributed by atoms with Crippen LogP contribution < -0.4 is 10.7 Å². The second kappa shape index (κ2) is 4.37. The number of nitrogens with zero attached hydrogens (tertiary/aromatic N) is 1. The van der Waals surface area contributed by atoms with E-state index in [2.05, 4.69) is 15.8 Å². The van der Waals surface area contributed by atoms with Crippen molar-refractivity contribution in [2.45, 2.75) is 20.3 Å². The number of benzene rings is 1. The maximum Gasteiger partial charge on any atom is 0.272 e. The molecule has 17 heavy (non-hydrogen) atoms. The van der Waals surface area contributed by atoms with Gasteiger partial charge in [0, 0.05) is 5.69 Å². The molecule has 0 radical (unpaired) electrons. The highest BCUT2D eigenvalue weighted by Crippen LogP contribution is 2.14. The molecule has 0 aliphatic carbocycles. The molecule has 5 heteroatoms. The molecule has 0 atom stereocenters. The molecule has 1 aliphatic heterocycles. The molecule has 1 heterocycles. The Balaban J connectivity index is 2.08. The number of hydrazone groups is 1. The lowest BCUT2D eigenvalue weighted by Gasteiger charge is -2.06. The van der Waals surface area contributed by atoms with Gasteiger partial charge in [-0.3, -0.25) is 9.59 Å². The molecule has 1 aromatic rings.